The van der Waals surface area contributed by atoms with Gasteiger partial charge in [-0.3, -0.25) is 0 Å². The highest BCUT2D eigenvalue weighted by Gasteiger charge is 2.43. The molecule has 3 aromatic heterocycles. The number of benzene rings is 1. The predicted octanol–water partition coefficient (Wildman–Crippen LogP) is 4.12. The van der Waals surface area contributed by atoms with E-state index in [1.54, 1.807) is 6.07 Å². The van der Waals surface area contributed by atoms with Crippen LogP contribution in [0.15, 0.2) is 45.2 Å². The molecule has 6 rings (SSSR count). The largest absolute Gasteiger partial charge is 0.375 e. The van der Waals surface area contributed by atoms with Crippen molar-refractivity contribution in [2.75, 3.05) is 24.6 Å². The number of aromatic nitrogens is 7. The zero-order chi connectivity index (χ0) is 29.4. The van der Waals surface area contributed by atoms with Gasteiger partial charge in [0.2, 0.25) is 5.82 Å². The lowest BCUT2D eigenvalue weighted by Gasteiger charge is -2.20. The highest BCUT2D eigenvalue weighted by Crippen LogP contribution is 2.38. The first kappa shape index (κ1) is 27.6. The van der Waals surface area contributed by atoms with E-state index >= 15 is 8.78 Å². The number of nitrogens with zero attached hydrogens (tertiary/aromatic N) is 10. The molecule has 0 aliphatic carbocycles. The summed E-state index contributed by atoms with van der Waals surface area (Å²) in [5, 5.41) is 24.0. The molecule has 0 atom stereocenters. The van der Waals surface area contributed by atoms with E-state index in [0.717, 1.165) is 0 Å². The number of rotatable bonds is 12. The Labute approximate surface area is 236 Å². The highest BCUT2D eigenvalue weighted by atomic mass is 19.3. The van der Waals surface area contributed by atoms with Crippen LogP contribution in [0.4, 0.5) is 23.4 Å². The number of anilines is 1. The van der Waals surface area contributed by atoms with E-state index in [4.69, 9.17) is 15.8 Å². The van der Waals surface area contributed by atoms with Crippen LogP contribution in [0.25, 0.3) is 11.2 Å². The summed E-state index contributed by atoms with van der Waals surface area (Å²) in [7, 11) is 0. The van der Waals surface area contributed by atoms with Crippen LogP contribution < -0.4 is 4.90 Å². The molecule has 0 spiro atoms. The number of alkyl halides is 4. The first-order chi connectivity index (χ1) is 20.2. The van der Waals surface area contributed by atoms with Crippen LogP contribution in [0.3, 0.4) is 0 Å². The summed E-state index contributed by atoms with van der Waals surface area (Å²) >= 11 is 0. The molecule has 1 fully saturated rings. The summed E-state index contributed by atoms with van der Waals surface area (Å²) in [4.78, 5) is 9.38. The van der Waals surface area contributed by atoms with Crippen LogP contribution in [-0.2, 0) is 23.8 Å². The van der Waals surface area contributed by atoms with Crippen molar-refractivity contribution < 1.29 is 26.9 Å². The zero-order valence-electron chi connectivity index (χ0n) is 22.1. The fraction of sp³-hybridized carbons (Fsp3) is 0.462. The van der Waals surface area contributed by atoms with Gasteiger partial charge in [0.05, 0.1) is 26.3 Å². The lowest BCUT2D eigenvalue weighted by molar-refractivity contribution is 0.0256. The number of ether oxygens (including phenoxy) is 1. The zero-order valence-corrected chi connectivity index (χ0v) is 22.1. The minimum absolute atomic E-state index is 0.00349. The molecule has 0 N–H and O–H groups in total. The van der Waals surface area contributed by atoms with Crippen molar-refractivity contribution >= 4 is 17.0 Å². The minimum Gasteiger partial charge on any atom is -0.375 e. The molecule has 2 aliphatic rings. The average Bonchev–Trinajstić information content (AvgIpc) is 3.25. The van der Waals surface area contributed by atoms with Gasteiger partial charge in [0.1, 0.15) is 11.4 Å². The Balaban J connectivity index is 1.26. The van der Waals surface area contributed by atoms with E-state index in [1.807, 2.05) is 0 Å². The first-order valence-electron chi connectivity index (χ1n) is 13.1. The van der Waals surface area contributed by atoms with Crippen molar-refractivity contribution in [3.05, 3.63) is 53.1 Å². The van der Waals surface area contributed by atoms with Crippen LogP contribution in [-0.4, -0.2) is 66.6 Å². The smallest absolute Gasteiger partial charge is 0.331 e. The second-order valence-electron chi connectivity index (χ2n) is 10.1. The van der Waals surface area contributed by atoms with E-state index in [1.165, 1.54) is 33.8 Å². The number of terminal acetylenes is 1. The van der Waals surface area contributed by atoms with Gasteiger partial charge in [0, 0.05) is 37.8 Å². The Morgan fingerprint density at radius 1 is 1.07 bits per heavy atom. The number of fused-ring (bicyclic) bond motifs is 1. The van der Waals surface area contributed by atoms with Gasteiger partial charge in [-0.25, -0.2) is 28.1 Å². The van der Waals surface area contributed by atoms with Gasteiger partial charge < -0.3 is 9.64 Å². The maximum atomic E-state index is 15.6. The van der Waals surface area contributed by atoms with E-state index in [2.05, 4.69) is 46.7 Å². The van der Waals surface area contributed by atoms with Gasteiger partial charge in [0.25, 0.3) is 5.92 Å². The average molecular weight is 585 g/mol. The van der Waals surface area contributed by atoms with E-state index in [-0.39, 0.29) is 42.2 Å². The maximum absolute atomic E-state index is 15.6. The van der Waals surface area contributed by atoms with Gasteiger partial charge in [0.15, 0.2) is 22.6 Å². The molecule has 0 amide bonds. The Morgan fingerprint density at radius 2 is 1.86 bits per heavy atom. The standard InChI is InChI=1S/C26H24F4N10O2/c1-2-3-9-25(36-37-25)11-13-41-15-19-18(34-42-35-19)14-40-22-20(33-38-40)21(39-12-10-24(27,28)16-39)31-23(32-22)26(29,30)17-7-5-4-6-8-17/h1,4-8H,3,9-16H2. The summed E-state index contributed by atoms with van der Waals surface area (Å²) in [6.07, 6.45) is 6.63. The summed E-state index contributed by atoms with van der Waals surface area (Å²) < 4.78 is 71.3. The summed E-state index contributed by atoms with van der Waals surface area (Å²) in [5.41, 5.74) is -0.271. The number of halogens is 4. The van der Waals surface area contributed by atoms with E-state index in [9.17, 15) is 8.78 Å². The fourth-order valence-electron chi connectivity index (χ4n) is 4.67. The van der Waals surface area contributed by atoms with Gasteiger partial charge in [-0.15, -0.1) is 17.4 Å². The summed E-state index contributed by atoms with van der Waals surface area (Å²) in [6, 6.07) is 7.00. The number of hydrogen-bond donors (Lipinski definition) is 0. The van der Waals surface area contributed by atoms with Gasteiger partial charge >= 0.3 is 5.92 Å². The lowest BCUT2D eigenvalue weighted by atomic mass is 10.1. The second-order valence-corrected chi connectivity index (χ2v) is 10.1. The van der Waals surface area contributed by atoms with Crippen molar-refractivity contribution in [1.29, 1.82) is 0 Å². The van der Waals surface area contributed by atoms with Crippen molar-refractivity contribution in [2.45, 2.75) is 56.3 Å². The van der Waals surface area contributed by atoms with Gasteiger partial charge in [-0.05, 0) is 0 Å². The third-order valence-corrected chi connectivity index (χ3v) is 7.10. The molecule has 2 aliphatic heterocycles. The molecule has 0 unspecified atom stereocenters. The molecular formula is C26H24F4N10O2. The minimum atomic E-state index is -3.63. The third-order valence-electron chi connectivity index (χ3n) is 7.10. The molecule has 0 bridgehead atoms. The van der Waals surface area contributed by atoms with Crippen LogP contribution in [0.2, 0.25) is 0 Å². The summed E-state index contributed by atoms with van der Waals surface area (Å²) in [5.74, 6) is -5.08. The molecule has 1 saturated heterocycles. The molecular weight excluding hydrogens is 560 g/mol. The van der Waals surface area contributed by atoms with Crippen LogP contribution >= 0.6 is 0 Å². The maximum Gasteiger partial charge on any atom is 0.331 e. The second kappa shape index (κ2) is 10.7. The van der Waals surface area contributed by atoms with Crippen molar-refractivity contribution in [1.82, 2.24) is 35.3 Å². The van der Waals surface area contributed by atoms with Crippen molar-refractivity contribution in [3.63, 3.8) is 0 Å². The van der Waals surface area contributed by atoms with Crippen LogP contribution in [0, 0.1) is 12.3 Å². The van der Waals surface area contributed by atoms with E-state index in [0.29, 0.717) is 37.3 Å². The Morgan fingerprint density at radius 3 is 2.57 bits per heavy atom. The van der Waals surface area contributed by atoms with Crippen molar-refractivity contribution in [3.8, 4) is 12.3 Å². The monoisotopic (exact) mass is 584 g/mol. The molecule has 4 aromatic rings. The van der Waals surface area contributed by atoms with Gasteiger partial charge in [-0.1, -0.05) is 45.9 Å². The molecule has 12 nitrogen and oxygen atoms in total. The van der Waals surface area contributed by atoms with Gasteiger partial charge in [-0.2, -0.15) is 19.0 Å². The molecule has 0 radical (unpaired) electrons. The third kappa shape index (κ3) is 5.51. The Kier molecular flexibility index (Phi) is 7.05. The van der Waals surface area contributed by atoms with Crippen LogP contribution in [0.5, 0.6) is 0 Å². The SMILES string of the molecule is C#CCCC1(CCOCc2nonc2Cn2nnc3c(N4CCC(F)(F)C4)nc(C(F)(F)c4ccccc4)nc32)N=N1. The first-order valence-corrected chi connectivity index (χ1v) is 13.1. The number of hydrogen-bond acceptors (Lipinski definition) is 11. The Hall–Kier alpha value is -4.52. The fourth-order valence-corrected chi connectivity index (χ4v) is 4.67. The highest BCUT2D eigenvalue weighted by molar-refractivity contribution is 5.83. The molecule has 0 saturated carbocycles. The Bertz CT molecular complexity index is 1640. The quantitative estimate of drug-likeness (QED) is 0.137. The molecule has 16 heteroatoms. The molecule has 218 valence electrons. The molecule has 42 heavy (non-hydrogen) atoms. The lowest BCUT2D eigenvalue weighted by Crippen LogP contribution is -2.28. The van der Waals surface area contributed by atoms with Crippen LogP contribution in [0.1, 0.15) is 48.5 Å². The summed E-state index contributed by atoms with van der Waals surface area (Å²) in [6.45, 7) is -0.538. The topological polar surface area (TPSA) is 133 Å². The molecule has 1 aromatic carbocycles. The van der Waals surface area contributed by atoms with Crippen molar-refractivity contribution in [2.24, 2.45) is 10.2 Å². The molecule has 5 heterocycles. The normalized spacial score (nSPS) is 17.2. The van der Waals surface area contributed by atoms with E-state index < -0.39 is 36.3 Å². The predicted molar refractivity (Wildman–Crippen MR) is 138 cm³/mol.